The molecule has 1 saturated heterocycles. The van der Waals surface area contributed by atoms with Gasteiger partial charge in [0.05, 0.1) is 43.5 Å². The monoisotopic (exact) mass is 432 g/mol. The van der Waals surface area contributed by atoms with Crippen molar-refractivity contribution in [3.05, 3.63) is 48.4 Å². The number of ether oxygens (including phenoxy) is 3. The van der Waals surface area contributed by atoms with Crippen molar-refractivity contribution >= 4 is 26.4 Å². The van der Waals surface area contributed by atoms with Crippen LogP contribution in [0.15, 0.2) is 52.4 Å². The Morgan fingerprint density at radius 1 is 1.03 bits per heavy atom. The topological polar surface area (TPSA) is 78.0 Å². The van der Waals surface area contributed by atoms with Gasteiger partial charge in [0, 0.05) is 36.8 Å². The van der Waals surface area contributed by atoms with Gasteiger partial charge in [-0.2, -0.15) is 0 Å². The van der Waals surface area contributed by atoms with Gasteiger partial charge >= 0.3 is 0 Å². The molecule has 1 aromatic heterocycles. The highest BCUT2D eigenvalue weighted by molar-refractivity contribution is 7.91. The molecule has 158 valence electrons. The second-order valence-corrected chi connectivity index (χ2v) is 8.67. The summed E-state index contributed by atoms with van der Waals surface area (Å²) in [6.07, 6.45) is 1.29. The molecule has 7 nitrogen and oxygen atoms in total. The molecule has 2 aromatic carbocycles. The molecule has 0 aliphatic carbocycles. The van der Waals surface area contributed by atoms with Crippen molar-refractivity contribution in [3.8, 4) is 11.5 Å². The van der Waals surface area contributed by atoms with E-state index in [1.165, 1.54) is 44.7 Å². The lowest BCUT2D eigenvalue weighted by Crippen LogP contribution is -2.37. The minimum absolute atomic E-state index is 0.0516. The Morgan fingerprint density at radius 3 is 2.47 bits per heavy atom. The molecule has 0 unspecified atom stereocenters. The number of anilines is 1. The maximum Gasteiger partial charge on any atom is 0.210 e. The molecule has 1 aliphatic rings. The third-order valence-corrected chi connectivity index (χ3v) is 6.80. The third kappa shape index (κ3) is 3.54. The number of hydrogen-bond acceptors (Lipinski definition) is 7. The molecular weight excluding hydrogens is 411 g/mol. The first-order chi connectivity index (χ1) is 14.5. The second kappa shape index (κ2) is 8.08. The number of methoxy groups -OCH3 is 2. The Balaban J connectivity index is 1.94. The summed E-state index contributed by atoms with van der Waals surface area (Å²) in [6, 6.07) is 8.60. The summed E-state index contributed by atoms with van der Waals surface area (Å²) in [7, 11) is -1.03. The van der Waals surface area contributed by atoms with Crippen LogP contribution < -0.4 is 14.4 Å². The molecular formula is C21H21FN2O5S. The van der Waals surface area contributed by atoms with E-state index in [9.17, 15) is 12.8 Å². The Morgan fingerprint density at radius 2 is 1.77 bits per heavy atom. The summed E-state index contributed by atoms with van der Waals surface area (Å²) in [5.41, 5.74) is 0.890. The summed E-state index contributed by atoms with van der Waals surface area (Å²) < 4.78 is 56.9. The van der Waals surface area contributed by atoms with E-state index in [0.717, 1.165) is 0 Å². The van der Waals surface area contributed by atoms with Crippen LogP contribution in [0.2, 0.25) is 0 Å². The van der Waals surface area contributed by atoms with Crippen LogP contribution in [-0.4, -0.2) is 53.9 Å². The fourth-order valence-electron chi connectivity index (χ4n) is 3.55. The highest BCUT2D eigenvalue weighted by Crippen LogP contribution is 2.38. The minimum atomic E-state index is -3.95. The number of pyridine rings is 1. The smallest absolute Gasteiger partial charge is 0.210 e. The minimum Gasteiger partial charge on any atom is -0.493 e. The molecule has 0 N–H and O–H groups in total. The molecule has 1 fully saturated rings. The first-order valence-electron chi connectivity index (χ1n) is 9.34. The van der Waals surface area contributed by atoms with Crippen molar-refractivity contribution < 1.29 is 27.0 Å². The predicted molar refractivity (Wildman–Crippen MR) is 110 cm³/mol. The van der Waals surface area contributed by atoms with Gasteiger partial charge in [0.25, 0.3) is 0 Å². The zero-order chi connectivity index (χ0) is 21.3. The van der Waals surface area contributed by atoms with E-state index >= 15 is 0 Å². The molecule has 9 heteroatoms. The van der Waals surface area contributed by atoms with E-state index in [4.69, 9.17) is 14.2 Å². The first-order valence-corrected chi connectivity index (χ1v) is 10.8. The normalized spacial score (nSPS) is 14.7. The number of nitrogens with zero attached hydrogens (tertiary/aromatic N) is 2. The highest BCUT2D eigenvalue weighted by atomic mass is 32.2. The van der Waals surface area contributed by atoms with Gasteiger partial charge in [0.2, 0.25) is 9.84 Å². The lowest BCUT2D eigenvalue weighted by molar-refractivity contribution is 0.122. The van der Waals surface area contributed by atoms with E-state index in [1.54, 1.807) is 12.1 Å². The third-order valence-electron chi connectivity index (χ3n) is 5.05. The van der Waals surface area contributed by atoms with Crippen LogP contribution in [-0.2, 0) is 14.6 Å². The van der Waals surface area contributed by atoms with Crippen molar-refractivity contribution in [2.75, 3.05) is 45.4 Å². The fraction of sp³-hybridized carbons (Fsp3) is 0.286. The van der Waals surface area contributed by atoms with Gasteiger partial charge in [0.15, 0.2) is 11.5 Å². The zero-order valence-corrected chi connectivity index (χ0v) is 17.4. The molecule has 0 bridgehead atoms. The Kier molecular flexibility index (Phi) is 5.48. The van der Waals surface area contributed by atoms with Crippen LogP contribution >= 0.6 is 0 Å². The van der Waals surface area contributed by atoms with Gasteiger partial charge in [-0.15, -0.1) is 0 Å². The van der Waals surface area contributed by atoms with Crippen LogP contribution in [0.4, 0.5) is 10.1 Å². The first kappa shape index (κ1) is 20.4. The van der Waals surface area contributed by atoms with Gasteiger partial charge in [-0.05, 0) is 24.3 Å². The van der Waals surface area contributed by atoms with Gasteiger partial charge in [-0.3, -0.25) is 4.98 Å². The SMILES string of the molecule is COc1ccc(S(=O)(=O)c2cnc3cc(F)ccc3c2N2CCOCC2)cc1OC. The van der Waals surface area contributed by atoms with Crippen molar-refractivity contribution in [2.24, 2.45) is 0 Å². The molecule has 3 aromatic rings. The summed E-state index contributed by atoms with van der Waals surface area (Å²) in [6.45, 7) is 1.98. The largest absolute Gasteiger partial charge is 0.493 e. The summed E-state index contributed by atoms with van der Waals surface area (Å²) in [5, 5.41) is 0.569. The van der Waals surface area contributed by atoms with E-state index in [0.29, 0.717) is 54.4 Å². The van der Waals surface area contributed by atoms with E-state index < -0.39 is 15.7 Å². The van der Waals surface area contributed by atoms with Crippen LogP contribution in [0.1, 0.15) is 0 Å². The molecule has 1 aliphatic heterocycles. The van der Waals surface area contributed by atoms with Gasteiger partial charge in [0.1, 0.15) is 10.7 Å². The number of morpholine rings is 1. The van der Waals surface area contributed by atoms with Gasteiger partial charge in [-0.1, -0.05) is 0 Å². The molecule has 30 heavy (non-hydrogen) atoms. The molecule has 4 rings (SSSR count). The van der Waals surface area contributed by atoms with E-state index in [-0.39, 0.29) is 9.79 Å². The maximum absolute atomic E-state index is 13.7. The molecule has 0 radical (unpaired) electrons. The van der Waals surface area contributed by atoms with Crippen LogP contribution in [0, 0.1) is 5.82 Å². The van der Waals surface area contributed by atoms with Crippen LogP contribution in [0.3, 0.4) is 0 Å². The van der Waals surface area contributed by atoms with Crippen molar-refractivity contribution in [1.29, 1.82) is 0 Å². The molecule has 0 atom stereocenters. The molecule has 0 spiro atoms. The maximum atomic E-state index is 13.7. The summed E-state index contributed by atoms with van der Waals surface area (Å²) in [5.74, 6) is 0.303. The zero-order valence-electron chi connectivity index (χ0n) is 16.6. The number of hydrogen-bond donors (Lipinski definition) is 0. The van der Waals surface area contributed by atoms with E-state index in [2.05, 4.69) is 4.98 Å². The number of halogens is 1. The second-order valence-electron chi connectivity index (χ2n) is 6.75. The number of benzene rings is 2. The Hall–Kier alpha value is -2.91. The average Bonchev–Trinajstić information content (AvgIpc) is 2.78. The predicted octanol–water partition coefficient (Wildman–Crippen LogP) is 3.06. The lowest BCUT2D eigenvalue weighted by Gasteiger charge is -2.31. The summed E-state index contributed by atoms with van der Waals surface area (Å²) in [4.78, 5) is 6.28. The molecule has 0 saturated carbocycles. The van der Waals surface area contributed by atoms with Crippen LogP contribution in [0.5, 0.6) is 11.5 Å². The lowest BCUT2D eigenvalue weighted by atomic mass is 10.1. The Labute approximate surface area is 173 Å². The van der Waals surface area contributed by atoms with Gasteiger partial charge < -0.3 is 19.1 Å². The fourth-order valence-corrected chi connectivity index (χ4v) is 5.00. The van der Waals surface area contributed by atoms with E-state index in [1.807, 2.05) is 4.90 Å². The molecule has 2 heterocycles. The number of rotatable bonds is 5. The Bertz CT molecular complexity index is 1190. The standard InChI is InChI=1S/C21H21FN2O5S/c1-27-18-6-4-15(12-19(18)28-2)30(25,26)20-13-23-17-11-14(22)3-5-16(17)21(20)24-7-9-29-10-8-24/h3-6,11-13H,7-10H2,1-2H3. The molecule has 0 amide bonds. The van der Waals surface area contributed by atoms with Crippen LogP contribution in [0.25, 0.3) is 10.9 Å². The average molecular weight is 432 g/mol. The van der Waals surface area contributed by atoms with Crippen molar-refractivity contribution in [2.45, 2.75) is 9.79 Å². The van der Waals surface area contributed by atoms with Gasteiger partial charge in [-0.25, -0.2) is 12.8 Å². The van der Waals surface area contributed by atoms with Crippen molar-refractivity contribution in [3.63, 3.8) is 0 Å². The highest BCUT2D eigenvalue weighted by Gasteiger charge is 2.28. The number of fused-ring (bicyclic) bond motifs is 1. The summed E-state index contributed by atoms with van der Waals surface area (Å²) >= 11 is 0. The quantitative estimate of drug-likeness (QED) is 0.613. The van der Waals surface area contributed by atoms with Crippen molar-refractivity contribution in [1.82, 2.24) is 4.98 Å². The number of sulfone groups is 1. The number of aromatic nitrogens is 1.